The van der Waals surface area contributed by atoms with Crippen molar-refractivity contribution in [2.24, 2.45) is 0 Å². The van der Waals surface area contributed by atoms with E-state index < -0.39 is 10.0 Å². The molecule has 2 rings (SSSR count). The van der Waals surface area contributed by atoms with Gasteiger partial charge >= 0.3 is 0 Å². The number of para-hydroxylation sites is 2. The molecule has 0 unspecified atom stereocenters. The minimum absolute atomic E-state index is 0.0767. The van der Waals surface area contributed by atoms with E-state index in [2.05, 4.69) is 5.32 Å². The predicted octanol–water partition coefficient (Wildman–Crippen LogP) is 4.22. The molecule has 0 aliphatic rings. The lowest BCUT2D eigenvalue weighted by Crippen LogP contribution is -2.34. The molecule has 27 heavy (non-hydrogen) atoms. The molecule has 0 atom stereocenters. The molecule has 0 fully saturated rings. The van der Waals surface area contributed by atoms with Crippen molar-refractivity contribution < 1.29 is 13.2 Å². The van der Waals surface area contributed by atoms with Gasteiger partial charge in [-0.1, -0.05) is 50.2 Å². The molecule has 0 radical (unpaired) electrons. The van der Waals surface area contributed by atoms with Gasteiger partial charge in [0.1, 0.15) is 0 Å². The standard InChI is InChI=1S/C21H28N2O3S/c1-15(2)18-11-6-7-12-19(18)23(27(5,25)26)14-13-20(24)22-21-16(3)9-8-10-17(21)4/h6-12,15H,13-14H2,1-5H3,(H,22,24). The molecule has 6 heteroatoms. The van der Waals surface area contributed by atoms with E-state index in [1.165, 1.54) is 10.6 Å². The molecule has 0 spiro atoms. The number of hydrogen-bond acceptors (Lipinski definition) is 3. The highest BCUT2D eigenvalue weighted by Crippen LogP contribution is 2.29. The Kier molecular flexibility index (Phi) is 6.65. The second-order valence-electron chi connectivity index (χ2n) is 7.11. The van der Waals surface area contributed by atoms with Gasteiger partial charge in [-0.2, -0.15) is 0 Å². The third-order valence-corrected chi connectivity index (χ3v) is 5.70. The van der Waals surface area contributed by atoms with Crippen LogP contribution in [-0.2, 0) is 14.8 Å². The van der Waals surface area contributed by atoms with E-state index >= 15 is 0 Å². The van der Waals surface area contributed by atoms with Crippen molar-refractivity contribution >= 4 is 27.3 Å². The number of sulfonamides is 1. The van der Waals surface area contributed by atoms with Crippen LogP contribution < -0.4 is 9.62 Å². The number of aryl methyl sites for hydroxylation is 2. The van der Waals surface area contributed by atoms with E-state index in [1.807, 2.05) is 64.1 Å². The van der Waals surface area contributed by atoms with Crippen molar-refractivity contribution in [3.63, 3.8) is 0 Å². The van der Waals surface area contributed by atoms with Gasteiger partial charge in [0.2, 0.25) is 15.9 Å². The Balaban J connectivity index is 2.20. The molecular weight excluding hydrogens is 360 g/mol. The smallest absolute Gasteiger partial charge is 0.232 e. The van der Waals surface area contributed by atoms with Crippen molar-refractivity contribution in [2.45, 2.75) is 40.0 Å². The van der Waals surface area contributed by atoms with Crippen molar-refractivity contribution in [1.29, 1.82) is 0 Å². The lowest BCUT2D eigenvalue weighted by Gasteiger charge is -2.26. The third kappa shape index (κ3) is 5.32. The Morgan fingerprint density at radius 2 is 1.63 bits per heavy atom. The topological polar surface area (TPSA) is 66.5 Å². The molecule has 1 N–H and O–H groups in total. The number of carbonyl (C=O) groups is 1. The monoisotopic (exact) mass is 388 g/mol. The molecule has 0 saturated carbocycles. The average Bonchev–Trinajstić information content (AvgIpc) is 2.57. The van der Waals surface area contributed by atoms with Gasteiger partial charge in [0, 0.05) is 18.7 Å². The average molecular weight is 389 g/mol. The Labute approximate surface area is 162 Å². The molecule has 2 aromatic carbocycles. The van der Waals surface area contributed by atoms with Gasteiger partial charge in [-0.15, -0.1) is 0 Å². The SMILES string of the molecule is Cc1cccc(C)c1NC(=O)CCN(c1ccccc1C(C)C)S(C)(=O)=O. The highest BCUT2D eigenvalue weighted by Gasteiger charge is 2.22. The Hall–Kier alpha value is -2.34. The van der Waals surface area contributed by atoms with Crippen LogP contribution in [0.5, 0.6) is 0 Å². The largest absolute Gasteiger partial charge is 0.326 e. The summed E-state index contributed by atoms with van der Waals surface area (Å²) in [6, 6.07) is 13.2. The summed E-state index contributed by atoms with van der Waals surface area (Å²) in [5.74, 6) is -0.0306. The van der Waals surface area contributed by atoms with Crippen LogP contribution in [0, 0.1) is 13.8 Å². The quantitative estimate of drug-likeness (QED) is 0.772. The first-order valence-corrected chi connectivity index (χ1v) is 10.9. The van der Waals surface area contributed by atoms with Gasteiger partial charge < -0.3 is 5.32 Å². The van der Waals surface area contributed by atoms with Crippen LogP contribution in [0.15, 0.2) is 42.5 Å². The number of anilines is 2. The fraction of sp³-hybridized carbons (Fsp3) is 0.381. The summed E-state index contributed by atoms with van der Waals surface area (Å²) in [5.41, 5.74) is 4.32. The summed E-state index contributed by atoms with van der Waals surface area (Å²) in [4.78, 5) is 12.5. The fourth-order valence-corrected chi connectivity index (χ4v) is 4.03. The number of nitrogens with zero attached hydrogens (tertiary/aromatic N) is 1. The van der Waals surface area contributed by atoms with Gasteiger partial charge in [0.15, 0.2) is 0 Å². The molecule has 0 aliphatic heterocycles. The van der Waals surface area contributed by atoms with Crippen LogP contribution in [0.25, 0.3) is 0 Å². The van der Waals surface area contributed by atoms with E-state index in [9.17, 15) is 13.2 Å². The van der Waals surface area contributed by atoms with E-state index in [1.54, 1.807) is 6.07 Å². The maximum atomic E-state index is 12.5. The van der Waals surface area contributed by atoms with Crippen LogP contribution in [-0.4, -0.2) is 27.1 Å². The van der Waals surface area contributed by atoms with E-state index in [0.717, 1.165) is 22.4 Å². The van der Waals surface area contributed by atoms with Crippen molar-refractivity contribution in [3.05, 3.63) is 59.2 Å². The first-order valence-electron chi connectivity index (χ1n) is 9.04. The van der Waals surface area contributed by atoms with Gasteiger partial charge in [0.25, 0.3) is 0 Å². The van der Waals surface area contributed by atoms with Crippen LogP contribution >= 0.6 is 0 Å². The summed E-state index contributed by atoms with van der Waals surface area (Å²) >= 11 is 0. The van der Waals surface area contributed by atoms with Crippen LogP contribution in [0.1, 0.15) is 42.9 Å². The van der Waals surface area contributed by atoms with Crippen molar-refractivity contribution in [2.75, 3.05) is 22.4 Å². The maximum absolute atomic E-state index is 12.5. The predicted molar refractivity (Wildman–Crippen MR) is 112 cm³/mol. The normalized spacial score (nSPS) is 11.5. The molecule has 0 aliphatic carbocycles. The second-order valence-corrected chi connectivity index (χ2v) is 9.02. The zero-order valence-corrected chi connectivity index (χ0v) is 17.4. The summed E-state index contributed by atoms with van der Waals surface area (Å²) in [7, 11) is -3.51. The molecular formula is C21H28N2O3S. The molecule has 0 aromatic heterocycles. The lowest BCUT2D eigenvalue weighted by molar-refractivity contribution is -0.116. The highest BCUT2D eigenvalue weighted by molar-refractivity contribution is 7.92. The summed E-state index contributed by atoms with van der Waals surface area (Å²) < 4.78 is 26.1. The van der Waals surface area contributed by atoms with E-state index in [4.69, 9.17) is 0 Å². The van der Waals surface area contributed by atoms with E-state index in [0.29, 0.717) is 5.69 Å². The Morgan fingerprint density at radius 1 is 1.04 bits per heavy atom. The van der Waals surface area contributed by atoms with Crippen LogP contribution in [0.2, 0.25) is 0 Å². The second kappa shape index (κ2) is 8.57. The molecule has 5 nitrogen and oxygen atoms in total. The van der Waals surface area contributed by atoms with Gasteiger partial charge in [0.05, 0.1) is 11.9 Å². The zero-order valence-electron chi connectivity index (χ0n) is 16.6. The van der Waals surface area contributed by atoms with Gasteiger partial charge in [-0.25, -0.2) is 8.42 Å². The molecule has 0 saturated heterocycles. The number of benzene rings is 2. The molecule has 146 valence electrons. The van der Waals surface area contributed by atoms with Crippen molar-refractivity contribution in [3.8, 4) is 0 Å². The summed E-state index contributed by atoms with van der Waals surface area (Å²) in [5, 5.41) is 2.91. The molecule has 1 amide bonds. The molecule has 0 bridgehead atoms. The number of hydrogen-bond donors (Lipinski definition) is 1. The zero-order chi connectivity index (χ0) is 20.2. The van der Waals surface area contributed by atoms with Gasteiger partial charge in [-0.05, 0) is 42.5 Å². The molecule has 2 aromatic rings. The Bertz CT molecular complexity index is 901. The Morgan fingerprint density at radius 3 is 2.19 bits per heavy atom. The van der Waals surface area contributed by atoms with Crippen LogP contribution in [0.4, 0.5) is 11.4 Å². The number of carbonyl (C=O) groups excluding carboxylic acids is 1. The third-order valence-electron chi connectivity index (χ3n) is 4.52. The maximum Gasteiger partial charge on any atom is 0.232 e. The fourth-order valence-electron chi connectivity index (χ4n) is 3.08. The number of rotatable bonds is 7. The first kappa shape index (κ1) is 21.0. The van der Waals surface area contributed by atoms with E-state index in [-0.39, 0.29) is 24.8 Å². The summed E-state index contributed by atoms with van der Waals surface area (Å²) in [6.45, 7) is 8.01. The van der Waals surface area contributed by atoms with Gasteiger partial charge in [-0.3, -0.25) is 9.10 Å². The summed E-state index contributed by atoms with van der Waals surface area (Å²) in [6.07, 6.45) is 1.25. The minimum atomic E-state index is -3.51. The number of amides is 1. The van der Waals surface area contributed by atoms with Crippen LogP contribution in [0.3, 0.4) is 0 Å². The minimum Gasteiger partial charge on any atom is -0.326 e. The number of nitrogens with one attached hydrogen (secondary N) is 1. The lowest BCUT2D eigenvalue weighted by atomic mass is 10.0. The first-order chi connectivity index (χ1) is 12.6. The van der Waals surface area contributed by atoms with Crippen molar-refractivity contribution in [1.82, 2.24) is 0 Å². The highest BCUT2D eigenvalue weighted by atomic mass is 32.2. The molecule has 0 heterocycles.